The standard InChI is InChI=1S/C21H24ClNO4.ClH/c1-26-18-11-8-16(9-12-18)5-2-3-14-27-20-13-10-17(15-22)23-19(20)6-4-7-21(24)25;/h4,6,8-13H,2-3,5,7,14-15H2,1H3,(H,24,25);1H. The number of carboxylic acid groups (broad SMARTS) is 1. The summed E-state index contributed by atoms with van der Waals surface area (Å²) in [5, 5.41) is 8.75. The van der Waals surface area contributed by atoms with E-state index in [4.69, 9.17) is 26.2 Å². The molecule has 28 heavy (non-hydrogen) atoms. The largest absolute Gasteiger partial charge is 0.497 e. The lowest BCUT2D eigenvalue weighted by atomic mass is 10.1. The van der Waals surface area contributed by atoms with Crippen LogP contribution in [0.2, 0.25) is 0 Å². The van der Waals surface area contributed by atoms with Crippen molar-refractivity contribution in [1.29, 1.82) is 0 Å². The molecule has 0 saturated heterocycles. The maximum Gasteiger partial charge on any atom is 0.307 e. The lowest BCUT2D eigenvalue weighted by Crippen LogP contribution is -2.02. The molecule has 2 aromatic rings. The Balaban J connectivity index is 0.00000392. The average Bonchev–Trinajstić information content (AvgIpc) is 2.68. The first-order valence-corrected chi connectivity index (χ1v) is 9.35. The third-order valence-corrected chi connectivity index (χ3v) is 4.20. The Morgan fingerprint density at radius 1 is 1.18 bits per heavy atom. The van der Waals surface area contributed by atoms with Crippen molar-refractivity contribution in [3.05, 3.63) is 59.4 Å². The van der Waals surface area contributed by atoms with Crippen LogP contribution in [0.4, 0.5) is 0 Å². The molecule has 1 N–H and O–H groups in total. The molecule has 5 nitrogen and oxygen atoms in total. The Kier molecular flexibility index (Phi) is 11.1. The van der Waals surface area contributed by atoms with E-state index in [-0.39, 0.29) is 18.8 Å². The smallest absolute Gasteiger partial charge is 0.307 e. The Hall–Kier alpha value is -2.24. The number of carbonyl (C=O) groups is 1. The highest BCUT2D eigenvalue weighted by Gasteiger charge is 2.05. The minimum Gasteiger partial charge on any atom is -0.497 e. The summed E-state index contributed by atoms with van der Waals surface area (Å²) in [6.07, 6.45) is 6.04. The van der Waals surface area contributed by atoms with Crippen molar-refractivity contribution >= 4 is 36.1 Å². The molecule has 0 atom stereocenters. The van der Waals surface area contributed by atoms with Gasteiger partial charge in [0.2, 0.25) is 0 Å². The minimum atomic E-state index is -0.888. The number of benzene rings is 1. The van der Waals surface area contributed by atoms with Crippen LogP contribution in [0.5, 0.6) is 11.5 Å². The fourth-order valence-corrected chi connectivity index (χ4v) is 2.65. The zero-order chi connectivity index (χ0) is 19.5. The first-order valence-electron chi connectivity index (χ1n) is 8.82. The van der Waals surface area contributed by atoms with E-state index in [2.05, 4.69) is 17.1 Å². The van der Waals surface area contributed by atoms with Crippen LogP contribution in [-0.2, 0) is 17.1 Å². The van der Waals surface area contributed by atoms with E-state index in [0.717, 1.165) is 30.7 Å². The van der Waals surface area contributed by atoms with E-state index >= 15 is 0 Å². The van der Waals surface area contributed by atoms with E-state index in [9.17, 15) is 4.79 Å². The SMILES string of the molecule is COc1ccc(CCCCOc2ccc(CCl)nc2C=CCC(=O)O)cc1.Cl. The maximum atomic E-state index is 10.7. The number of rotatable bonds is 11. The van der Waals surface area contributed by atoms with E-state index < -0.39 is 5.97 Å². The number of aliphatic carboxylic acids is 1. The summed E-state index contributed by atoms with van der Waals surface area (Å²) in [4.78, 5) is 15.1. The maximum absolute atomic E-state index is 10.7. The van der Waals surface area contributed by atoms with Gasteiger partial charge in [-0.3, -0.25) is 4.79 Å². The lowest BCUT2D eigenvalue weighted by molar-refractivity contribution is -0.135. The number of hydrogen-bond donors (Lipinski definition) is 1. The van der Waals surface area contributed by atoms with Crippen LogP contribution in [0.25, 0.3) is 6.08 Å². The number of nitrogens with zero attached hydrogens (tertiary/aromatic N) is 1. The summed E-state index contributed by atoms with van der Waals surface area (Å²) in [5.74, 6) is 0.899. The number of alkyl halides is 1. The summed E-state index contributed by atoms with van der Waals surface area (Å²) in [7, 11) is 1.66. The number of hydrogen-bond acceptors (Lipinski definition) is 4. The Morgan fingerprint density at radius 2 is 1.93 bits per heavy atom. The number of carboxylic acids is 1. The van der Waals surface area contributed by atoms with Crippen LogP contribution in [0.15, 0.2) is 42.5 Å². The van der Waals surface area contributed by atoms with E-state index in [1.807, 2.05) is 24.3 Å². The average molecular weight is 426 g/mol. The number of methoxy groups -OCH3 is 1. The summed E-state index contributed by atoms with van der Waals surface area (Å²) >= 11 is 5.83. The molecule has 0 bridgehead atoms. The third kappa shape index (κ3) is 8.19. The fourth-order valence-electron chi connectivity index (χ4n) is 2.50. The van der Waals surface area contributed by atoms with Crippen molar-refractivity contribution in [2.75, 3.05) is 13.7 Å². The lowest BCUT2D eigenvalue weighted by Gasteiger charge is -2.10. The summed E-state index contributed by atoms with van der Waals surface area (Å²) in [6, 6.07) is 11.7. The molecule has 0 aliphatic carbocycles. The molecule has 7 heteroatoms. The van der Waals surface area contributed by atoms with Crippen molar-refractivity contribution in [1.82, 2.24) is 4.98 Å². The van der Waals surface area contributed by atoms with Crippen LogP contribution in [0.1, 0.15) is 36.2 Å². The molecule has 0 unspecified atom stereocenters. The van der Waals surface area contributed by atoms with Crippen LogP contribution in [-0.4, -0.2) is 29.8 Å². The molecule has 0 aliphatic heterocycles. The number of halogens is 2. The molecule has 1 aromatic heterocycles. The second-order valence-electron chi connectivity index (χ2n) is 5.97. The van der Waals surface area contributed by atoms with Gasteiger partial charge in [0.25, 0.3) is 0 Å². The molecule has 0 amide bonds. The molecule has 0 aliphatic rings. The van der Waals surface area contributed by atoms with Gasteiger partial charge in [-0.05, 0) is 55.2 Å². The monoisotopic (exact) mass is 425 g/mol. The molecular weight excluding hydrogens is 401 g/mol. The van der Waals surface area contributed by atoms with Gasteiger partial charge in [-0.2, -0.15) is 0 Å². The molecule has 0 fully saturated rings. The van der Waals surface area contributed by atoms with Crippen LogP contribution in [0, 0.1) is 0 Å². The van der Waals surface area contributed by atoms with E-state index in [0.29, 0.717) is 23.9 Å². The molecule has 0 saturated carbocycles. The zero-order valence-electron chi connectivity index (χ0n) is 15.8. The number of aryl methyl sites for hydroxylation is 1. The van der Waals surface area contributed by atoms with Crippen LogP contribution >= 0.6 is 24.0 Å². The van der Waals surface area contributed by atoms with Gasteiger partial charge < -0.3 is 14.6 Å². The normalized spacial score (nSPS) is 10.5. The topological polar surface area (TPSA) is 68.7 Å². The number of unbranched alkanes of at least 4 members (excludes halogenated alkanes) is 1. The molecule has 0 radical (unpaired) electrons. The van der Waals surface area contributed by atoms with Gasteiger partial charge in [0.05, 0.1) is 31.7 Å². The predicted octanol–water partition coefficient (Wildman–Crippen LogP) is 5.14. The molecule has 0 spiro atoms. The van der Waals surface area contributed by atoms with Crippen molar-refractivity contribution in [3.8, 4) is 11.5 Å². The second kappa shape index (κ2) is 13.0. The van der Waals surface area contributed by atoms with Gasteiger partial charge >= 0.3 is 5.97 Å². The quantitative estimate of drug-likeness (QED) is 0.398. The van der Waals surface area contributed by atoms with Gasteiger partial charge in [-0.25, -0.2) is 4.98 Å². The molecule has 1 aromatic carbocycles. The highest BCUT2D eigenvalue weighted by atomic mass is 35.5. The fraction of sp³-hybridized carbons (Fsp3) is 0.333. The first-order chi connectivity index (χ1) is 13.1. The molecule has 152 valence electrons. The minimum absolute atomic E-state index is 0. The van der Waals surface area contributed by atoms with Crippen molar-refractivity contribution in [3.63, 3.8) is 0 Å². The van der Waals surface area contributed by atoms with Gasteiger partial charge in [0.1, 0.15) is 17.2 Å². The number of aromatic nitrogens is 1. The molecule has 1 heterocycles. The van der Waals surface area contributed by atoms with Crippen LogP contribution < -0.4 is 9.47 Å². The Labute approximate surface area is 176 Å². The van der Waals surface area contributed by atoms with E-state index in [1.165, 1.54) is 5.56 Å². The van der Waals surface area contributed by atoms with Crippen molar-refractivity contribution < 1.29 is 19.4 Å². The third-order valence-electron chi connectivity index (χ3n) is 3.93. The van der Waals surface area contributed by atoms with Gasteiger partial charge in [0.15, 0.2) is 0 Å². The molecular formula is C21H25Cl2NO4. The summed E-state index contributed by atoms with van der Waals surface area (Å²) in [6.45, 7) is 0.567. The number of ether oxygens (including phenoxy) is 2. The van der Waals surface area contributed by atoms with Crippen LogP contribution in [0.3, 0.4) is 0 Å². The summed E-state index contributed by atoms with van der Waals surface area (Å²) in [5.41, 5.74) is 2.59. The Morgan fingerprint density at radius 3 is 2.57 bits per heavy atom. The number of pyridine rings is 1. The highest BCUT2D eigenvalue weighted by Crippen LogP contribution is 2.20. The highest BCUT2D eigenvalue weighted by molar-refractivity contribution is 6.16. The second-order valence-corrected chi connectivity index (χ2v) is 6.24. The first kappa shape index (κ1) is 23.8. The molecule has 2 rings (SSSR count). The Bertz CT molecular complexity index is 764. The van der Waals surface area contributed by atoms with Crippen molar-refractivity contribution in [2.24, 2.45) is 0 Å². The van der Waals surface area contributed by atoms with Gasteiger partial charge in [-0.15, -0.1) is 24.0 Å². The summed E-state index contributed by atoms with van der Waals surface area (Å²) < 4.78 is 11.0. The van der Waals surface area contributed by atoms with Gasteiger partial charge in [-0.1, -0.05) is 18.2 Å². The van der Waals surface area contributed by atoms with E-state index in [1.54, 1.807) is 19.3 Å². The zero-order valence-corrected chi connectivity index (χ0v) is 17.3. The van der Waals surface area contributed by atoms with Crippen molar-refractivity contribution in [2.45, 2.75) is 31.6 Å². The predicted molar refractivity (Wildman–Crippen MR) is 114 cm³/mol. The van der Waals surface area contributed by atoms with Gasteiger partial charge in [0, 0.05) is 0 Å².